The summed E-state index contributed by atoms with van der Waals surface area (Å²) in [6.07, 6.45) is 7.41. The summed E-state index contributed by atoms with van der Waals surface area (Å²) < 4.78 is 5.75. The molecule has 4 heteroatoms. The number of rotatable bonds is 6. The lowest BCUT2D eigenvalue weighted by atomic mass is 10.1. The van der Waals surface area contributed by atoms with Gasteiger partial charge in [0.15, 0.2) is 0 Å². The van der Waals surface area contributed by atoms with Gasteiger partial charge in [-0.2, -0.15) is 0 Å². The van der Waals surface area contributed by atoms with Gasteiger partial charge in [0.25, 0.3) is 0 Å². The number of piperidine rings is 1. The summed E-state index contributed by atoms with van der Waals surface area (Å²) in [4.78, 5) is 6.97. The third-order valence-electron chi connectivity index (χ3n) is 4.09. The largest absolute Gasteiger partial charge is 0.377 e. The van der Waals surface area contributed by atoms with E-state index in [1.165, 1.54) is 31.2 Å². The zero-order chi connectivity index (χ0) is 13.8. The maximum Gasteiger partial charge on any atom is 0.128 e. The Balaban J connectivity index is 1.55. The minimum Gasteiger partial charge on any atom is -0.377 e. The first-order valence-corrected chi connectivity index (χ1v) is 7.90. The molecule has 1 aliphatic heterocycles. The molecule has 0 aromatic carbocycles. The van der Waals surface area contributed by atoms with Crippen LogP contribution in [-0.2, 0) is 11.3 Å². The molecule has 1 saturated carbocycles. The first-order chi connectivity index (χ1) is 9.85. The van der Waals surface area contributed by atoms with Gasteiger partial charge < -0.3 is 15.0 Å². The van der Waals surface area contributed by atoms with Crippen molar-refractivity contribution in [3.05, 3.63) is 23.9 Å². The Kier molecular flexibility index (Phi) is 4.53. The van der Waals surface area contributed by atoms with Gasteiger partial charge in [0.2, 0.25) is 0 Å². The number of aromatic nitrogens is 1. The van der Waals surface area contributed by atoms with E-state index in [4.69, 9.17) is 4.74 Å². The van der Waals surface area contributed by atoms with Crippen molar-refractivity contribution in [1.82, 2.24) is 10.3 Å². The quantitative estimate of drug-likeness (QED) is 0.864. The summed E-state index contributed by atoms with van der Waals surface area (Å²) in [6, 6.07) is 5.10. The molecule has 1 N–H and O–H groups in total. The molecule has 1 unspecified atom stereocenters. The Hall–Kier alpha value is -1.13. The SMILES string of the molecule is CCOC1CCCN(c2ccc(CNC3CC3)cn2)C1. The summed E-state index contributed by atoms with van der Waals surface area (Å²) >= 11 is 0. The van der Waals surface area contributed by atoms with Gasteiger partial charge >= 0.3 is 0 Å². The number of pyridine rings is 1. The van der Waals surface area contributed by atoms with E-state index in [0.29, 0.717) is 6.10 Å². The van der Waals surface area contributed by atoms with Crippen LogP contribution in [-0.4, -0.2) is 36.8 Å². The van der Waals surface area contributed by atoms with Crippen molar-refractivity contribution < 1.29 is 4.74 Å². The van der Waals surface area contributed by atoms with E-state index in [0.717, 1.165) is 38.1 Å². The van der Waals surface area contributed by atoms with Crippen molar-refractivity contribution in [2.45, 2.75) is 51.3 Å². The number of anilines is 1. The standard InChI is InChI=1S/C16H25N3O/c1-2-20-15-4-3-9-19(12-15)16-8-5-13(11-18-16)10-17-14-6-7-14/h5,8,11,14-15,17H,2-4,6-7,9-10,12H2,1H3. The molecule has 2 aliphatic rings. The van der Waals surface area contributed by atoms with Gasteiger partial charge in [-0.05, 0) is 44.2 Å². The smallest absolute Gasteiger partial charge is 0.128 e. The Bertz CT molecular complexity index is 414. The molecule has 2 fully saturated rings. The van der Waals surface area contributed by atoms with E-state index < -0.39 is 0 Å². The van der Waals surface area contributed by atoms with Gasteiger partial charge in [-0.15, -0.1) is 0 Å². The van der Waals surface area contributed by atoms with Crippen molar-refractivity contribution in [2.75, 3.05) is 24.6 Å². The lowest BCUT2D eigenvalue weighted by Crippen LogP contribution is -2.40. The normalized spacial score (nSPS) is 23.1. The maximum atomic E-state index is 5.75. The van der Waals surface area contributed by atoms with Crippen LogP contribution in [0.25, 0.3) is 0 Å². The molecule has 3 rings (SSSR count). The van der Waals surface area contributed by atoms with E-state index in [-0.39, 0.29) is 0 Å². The Labute approximate surface area is 121 Å². The fraction of sp³-hybridized carbons (Fsp3) is 0.688. The molecule has 0 radical (unpaired) electrons. The zero-order valence-electron chi connectivity index (χ0n) is 12.3. The second-order valence-electron chi connectivity index (χ2n) is 5.85. The summed E-state index contributed by atoms with van der Waals surface area (Å²) in [5.41, 5.74) is 1.28. The van der Waals surface area contributed by atoms with Gasteiger partial charge in [-0.25, -0.2) is 4.98 Å². The number of nitrogens with one attached hydrogen (secondary N) is 1. The molecule has 20 heavy (non-hydrogen) atoms. The number of ether oxygens (including phenoxy) is 1. The molecule has 1 aliphatic carbocycles. The predicted molar refractivity (Wildman–Crippen MR) is 81.0 cm³/mol. The minimum absolute atomic E-state index is 0.367. The number of hydrogen-bond acceptors (Lipinski definition) is 4. The van der Waals surface area contributed by atoms with Crippen molar-refractivity contribution in [3.63, 3.8) is 0 Å². The fourth-order valence-electron chi connectivity index (χ4n) is 2.78. The van der Waals surface area contributed by atoms with Crippen LogP contribution in [0.1, 0.15) is 38.2 Å². The lowest BCUT2D eigenvalue weighted by Gasteiger charge is -2.33. The summed E-state index contributed by atoms with van der Waals surface area (Å²) in [7, 11) is 0. The predicted octanol–water partition coefficient (Wildman–Crippen LogP) is 2.34. The van der Waals surface area contributed by atoms with Gasteiger partial charge in [0, 0.05) is 38.5 Å². The Morgan fingerprint density at radius 2 is 2.25 bits per heavy atom. The molecule has 2 heterocycles. The van der Waals surface area contributed by atoms with Gasteiger partial charge in [0.05, 0.1) is 6.10 Å². The van der Waals surface area contributed by atoms with Crippen LogP contribution < -0.4 is 10.2 Å². The Morgan fingerprint density at radius 1 is 1.35 bits per heavy atom. The highest BCUT2D eigenvalue weighted by atomic mass is 16.5. The topological polar surface area (TPSA) is 37.4 Å². The molecular formula is C16H25N3O. The van der Waals surface area contributed by atoms with Crippen molar-refractivity contribution >= 4 is 5.82 Å². The number of nitrogens with zero attached hydrogens (tertiary/aromatic N) is 2. The molecule has 1 atom stereocenters. The number of hydrogen-bond donors (Lipinski definition) is 1. The first-order valence-electron chi connectivity index (χ1n) is 7.90. The zero-order valence-corrected chi connectivity index (χ0v) is 12.3. The first kappa shape index (κ1) is 13.8. The van der Waals surface area contributed by atoms with E-state index in [9.17, 15) is 0 Å². The van der Waals surface area contributed by atoms with Crippen LogP contribution in [0.3, 0.4) is 0 Å². The molecule has 1 aromatic rings. The molecule has 110 valence electrons. The van der Waals surface area contributed by atoms with Crippen molar-refractivity contribution in [3.8, 4) is 0 Å². The van der Waals surface area contributed by atoms with Crippen LogP contribution in [0.15, 0.2) is 18.3 Å². The monoisotopic (exact) mass is 275 g/mol. The lowest BCUT2D eigenvalue weighted by molar-refractivity contribution is 0.0525. The molecule has 0 bridgehead atoms. The fourth-order valence-corrected chi connectivity index (χ4v) is 2.78. The van der Waals surface area contributed by atoms with Crippen LogP contribution in [0.2, 0.25) is 0 Å². The van der Waals surface area contributed by atoms with E-state index in [1.54, 1.807) is 0 Å². The minimum atomic E-state index is 0.367. The van der Waals surface area contributed by atoms with E-state index in [2.05, 4.69) is 34.3 Å². The molecule has 1 aromatic heterocycles. The van der Waals surface area contributed by atoms with Crippen LogP contribution >= 0.6 is 0 Å². The second-order valence-corrected chi connectivity index (χ2v) is 5.85. The van der Waals surface area contributed by atoms with Gasteiger partial charge in [0.1, 0.15) is 5.82 Å². The maximum absolute atomic E-state index is 5.75. The summed E-state index contributed by atoms with van der Waals surface area (Å²) in [5, 5.41) is 3.52. The van der Waals surface area contributed by atoms with Crippen LogP contribution in [0.5, 0.6) is 0 Å². The third-order valence-corrected chi connectivity index (χ3v) is 4.09. The molecular weight excluding hydrogens is 250 g/mol. The summed E-state index contributed by atoms with van der Waals surface area (Å²) in [6.45, 7) is 5.88. The Morgan fingerprint density at radius 3 is 2.95 bits per heavy atom. The third kappa shape index (κ3) is 3.70. The molecule has 0 spiro atoms. The van der Waals surface area contributed by atoms with Crippen LogP contribution in [0.4, 0.5) is 5.82 Å². The molecule has 1 saturated heterocycles. The molecule has 4 nitrogen and oxygen atoms in total. The second kappa shape index (κ2) is 6.55. The highest BCUT2D eigenvalue weighted by molar-refractivity contribution is 5.40. The van der Waals surface area contributed by atoms with Gasteiger partial charge in [-0.3, -0.25) is 0 Å². The molecule has 0 amide bonds. The summed E-state index contributed by atoms with van der Waals surface area (Å²) in [5.74, 6) is 1.09. The van der Waals surface area contributed by atoms with Crippen molar-refractivity contribution in [1.29, 1.82) is 0 Å². The average molecular weight is 275 g/mol. The van der Waals surface area contributed by atoms with Crippen LogP contribution in [0, 0.1) is 0 Å². The highest BCUT2D eigenvalue weighted by Gasteiger charge is 2.21. The van der Waals surface area contributed by atoms with Gasteiger partial charge in [-0.1, -0.05) is 6.07 Å². The average Bonchev–Trinajstić information content (AvgIpc) is 3.31. The highest BCUT2D eigenvalue weighted by Crippen LogP contribution is 2.21. The van der Waals surface area contributed by atoms with Crippen molar-refractivity contribution in [2.24, 2.45) is 0 Å². The van der Waals surface area contributed by atoms with E-state index in [1.807, 2.05) is 6.20 Å². The van der Waals surface area contributed by atoms with E-state index >= 15 is 0 Å².